The maximum Gasteiger partial charge on any atom is 0.251 e. The highest BCUT2D eigenvalue weighted by Gasteiger charge is 2.25. The molecule has 3 rings (SSSR count). The number of piperazine rings is 1. The van der Waals surface area contributed by atoms with Gasteiger partial charge in [0.05, 0.1) is 34.5 Å². The number of carbonyl (C=O) groups excluding carboxylic acids is 1. The van der Waals surface area contributed by atoms with Crippen LogP contribution in [0.3, 0.4) is 0 Å². The summed E-state index contributed by atoms with van der Waals surface area (Å²) in [5, 5.41) is 3.10. The molecule has 1 N–H and O–H groups in total. The molecule has 0 unspecified atom stereocenters. The van der Waals surface area contributed by atoms with Crippen molar-refractivity contribution in [2.75, 3.05) is 68.2 Å². The Bertz CT molecular complexity index is 870. The minimum absolute atomic E-state index is 0.0561. The minimum Gasteiger partial charge on any atom is -0.497 e. The first-order valence-electron chi connectivity index (χ1n) is 10.7. The van der Waals surface area contributed by atoms with Crippen LogP contribution in [-0.2, 0) is 0 Å². The molecule has 1 saturated heterocycles. The third-order valence-corrected chi connectivity index (χ3v) is 5.86. The molecule has 0 saturated carbocycles. The Balaban J connectivity index is 1.80. The number of hydrogen-bond donors (Lipinski definition) is 1. The maximum absolute atomic E-state index is 13.0. The van der Waals surface area contributed by atoms with Crippen molar-refractivity contribution in [2.24, 2.45) is 0 Å². The van der Waals surface area contributed by atoms with Gasteiger partial charge in [-0.15, -0.1) is 0 Å². The van der Waals surface area contributed by atoms with Crippen LogP contribution in [0.2, 0.25) is 0 Å². The average molecular weight is 444 g/mol. The van der Waals surface area contributed by atoms with Gasteiger partial charge < -0.3 is 29.2 Å². The van der Waals surface area contributed by atoms with Crippen LogP contribution < -0.4 is 24.3 Å². The van der Waals surface area contributed by atoms with Crippen LogP contribution in [0.4, 0.5) is 0 Å². The number of carbonyl (C=O) groups is 1. The summed E-state index contributed by atoms with van der Waals surface area (Å²) in [7, 11) is 8.39. The lowest BCUT2D eigenvalue weighted by Gasteiger charge is -2.38. The molecule has 0 bridgehead atoms. The Morgan fingerprint density at radius 2 is 1.50 bits per heavy atom. The van der Waals surface area contributed by atoms with Gasteiger partial charge >= 0.3 is 0 Å². The lowest BCUT2D eigenvalue weighted by atomic mass is 10.0. The van der Waals surface area contributed by atoms with Gasteiger partial charge in [0.15, 0.2) is 11.5 Å². The molecule has 8 nitrogen and oxygen atoms in total. The molecule has 32 heavy (non-hydrogen) atoms. The van der Waals surface area contributed by atoms with E-state index in [1.165, 1.54) is 21.3 Å². The summed E-state index contributed by atoms with van der Waals surface area (Å²) < 4.78 is 21.4. The van der Waals surface area contributed by atoms with Gasteiger partial charge in [0.2, 0.25) is 5.75 Å². The second kappa shape index (κ2) is 11.1. The van der Waals surface area contributed by atoms with E-state index in [9.17, 15) is 4.79 Å². The molecule has 0 spiro atoms. The third-order valence-electron chi connectivity index (χ3n) is 5.86. The summed E-state index contributed by atoms with van der Waals surface area (Å²) in [5.41, 5.74) is 1.59. The number of likely N-dealkylation sites (N-methyl/N-ethyl adjacent to an activating group) is 1. The summed E-state index contributed by atoms with van der Waals surface area (Å²) in [6.07, 6.45) is 0. The number of hydrogen-bond acceptors (Lipinski definition) is 7. The van der Waals surface area contributed by atoms with Crippen molar-refractivity contribution in [1.29, 1.82) is 0 Å². The largest absolute Gasteiger partial charge is 0.497 e. The molecule has 2 aromatic carbocycles. The Morgan fingerprint density at radius 1 is 0.906 bits per heavy atom. The zero-order valence-electron chi connectivity index (χ0n) is 19.5. The highest BCUT2D eigenvalue weighted by Crippen LogP contribution is 2.38. The fourth-order valence-corrected chi connectivity index (χ4v) is 3.92. The number of methoxy groups -OCH3 is 4. The van der Waals surface area contributed by atoms with E-state index in [1.807, 2.05) is 12.1 Å². The third kappa shape index (κ3) is 5.44. The molecule has 1 atom stereocenters. The van der Waals surface area contributed by atoms with E-state index in [4.69, 9.17) is 18.9 Å². The van der Waals surface area contributed by atoms with Crippen LogP contribution in [0, 0.1) is 0 Å². The van der Waals surface area contributed by atoms with E-state index in [-0.39, 0.29) is 11.9 Å². The van der Waals surface area contributed by atoms with Gasteiger partial charge in [-0.2, -0.15) is 0 Å². The van der Waals surface area contributed by atoms with Crippen molar-refractivity contribution in [2.45, 2.75) is 6.04 Å². The van der Waals surface area contributed by atoms with E-state index in [0.29, 0.717) is 29.4 Å². The standard InChI is InChI=1S/C24H33N3O5/c1-26-10-12-27(13-11-26)20(17-6-8-19(29-2)9-7-17)16-25-24(28)18-14-21(30-3)23(32-5)22(15-18)31-4/h6-9,14-15,20H,10-13,16H2,1-5H3,(H,25,28)/t20-/m1/s1. The molecule has 1 aliphatic rings. The normalized spacial score (nSPS) is 15.7. The lowest BCUT2D eigenvalue weighted by Crippen LogP contribution is -2.48. The van der Waals surface area contributed by atoms with Crippen LogP contribution in [0.25, 0.3) is 0 Å². The fraction of sp³-hybridized carbons (Fsp3) is 0.458. The van der Waals surface area contributed by atoms with Crippen molar-refractivity contribution in [3.8, 4) is 23.0 Å². The van der Waals surface area contributed by atoms with E-state index in [2.05, 4.69) is 34.3 Å². The summed E-state index contributed by atoms with van der Waals surface area (Å²) in [6.45, 7) is 4.34. The number of rotatable bonds is 9. The molecular weight excluding hydrogens is 410 g/mol. The summed E-state index contributed by atoms with van der Waals surface area (Å²) in [5.74, 6) is 1.97. The van der Waals surface area contributed by atoms with Crippen LogP contribution in [0.1, 0.15) is 22.0 Å². The van der Waals surface area contributed by atoms with E-state index in [1.54, 1.807) is 19.2 Å². The van der Waals surface area contributed by atoms with Gasteiger partial charge in [-0.25, -0.2) is 0 Å². The van der Waals surface area contributed by atoms with Gasteiger partial charge in [0.1, 0.15) is 5.75 Å². The van der Waals surface area contributed by atoms with Crippen molar-refractivity contribution >= 4 is 5.91 Å². The van der Waals surface area contributed by atoms with Gasteiger partial charge in [-0.1, -0.05) is 12.1 Å². The number of nitrogens with one attached hydrogen (secondary N) is 1. The van der Waals surface area contributed by atoms with Crippen LogP contribution in [0.5, 0.6) is 23.0 Å². The molecule has 2 aromatic rings. The summed E-state index contributed by atoms with van der Waals surface area (Å²) in [4.78, 5) is 17.8. The topological polar surface area (TPSA) is 72.5 Å². The van der Waals surface area contributed by atoms with Crippen molar-refractivity contribution < 1.29 is 23.7 Å². The van der Waals surface area contributed by atoms with Gasteiger partial charge in [0, 0.05) is 38.3 Å². The zero-order chi connectivity index (χ0) is 23.1. The predicted molar refractivity (Wildman–Crippen MR) is 123 cm³/mol. The second-order valence-electron chi connectivity index (χ2n) is 7.75. The molecule has 0 radical (unpaired) electrons. The fourth-order valence-electron chi connectivity index (χ4n) is 3.92. The van der Waals surface area contributed by atoms with Gasteiger partial charge in [0.25, 0.3) is 5.91 Å². The minimum atomic E-state index is -0.197. The molecule has 1 heterocycles. The number of ether oxygens (including phenoxy) is 4. The number of nitrogens with zero attached hydrogens (tertiary/aromatic N) is 2. The summed E-state index contributed by atoms with van der Waals surface area (Å²) in [6, 6.07) is 11.4. The molecule has 1 aliphatic heterocycles. The SMILES string of the molecule is COc1ccc([C@@H](CNC(=O)c2cc(OC)c(OC)c(OC)c2)N2CCN(C)CC2)cc1. The molecule has 0 aromatic heterocycles. The quantitative estimate of drug-likeness (QED) is 0.638. The Kier molecular flexibility index (Phi) is 8.19. The molecule has 174 valence electrons. The molecule has 1 amide bonds. The lowest BCUT2D eigenvalue weighted by molar-refractivity contribution is 0.0885. The van der Waals surface area contributed by atoms with E-state index < -0.39 is 0 Å². The van der Waals surface area contributed by atoms with E-state index >= 15 is 0 Å². The van der Waals surface area contributed by atoms with Crippen LogP contribution >= 0.6 is 0 Å². The second-order valence-corrected chi connectivity index (χ2v) is 7.75. The van der Waals surface area contributed by atoms with Crippen molar-refractivity contribution in [3.05, 3.63) is 47.5 Å². The van der Waals surface area contributed by atoms with Crippen LogP contribution in [-0.4, -0.2) is 83.9 Å². The zero-order valence-corrected chi connectivity index (χ0v) is 19.5. The Hall–Kier alpha value is -2.97. The molecular formula is C24H33N3O5. The van der Waals surface area contributed by atoms with Crippen molar-refractivity contribution in [1.82, 2.24) is 15.1 Å². The van der Waals surface area contributed by atoms with Crippen molar-refractivity contribution in [3.63, 3.8) is 0 Å². The highest BCUT2D eigenvalue weighted by atomic mass is 16.5. The number of amides is 1. The highest BCUT2D eigenvalue weighted by molar-refractivity contribution is 5.95. The summed E-state index contributed by atoms with van der Waals surface area (Å²) >= 11 is 0. The first-order chi connectivity index (χ1) is 15.5. The van der Waals surface area contributed by atoms with Gasteiger partial charge in [-0.3, -0.25) is 9.69 Å². The van der Waals surface area contributed by atoms with Crippen LogP contribution in [0.15, 0.2) is 36.4 Å². The number of benzene rings is 2. The molecule has 8 heteroatoms. The predicted octanol–water partition coefficient (Wildman–Crippen LogP) is 2.44. The molecule has 0 aliphatic carbocycles. The monoisotopic (exact) mass is 443 g/mol. The van der Waals surface area contributed by atoms with E-state index in [0.717, 1.165) is 37.5 Å². The Labute approximate surface area is 190 Å². The maximum atomic E-state index is 13.0. The average Bonchev–Trinajstić information content (AvgIpc) is 2.84. The Morgan fingerprint density at radius 3 is 2.00 bits per heavy atom. The van der Waals surface area contributed by atoms with Gasteiger partial charge in [-0.05, 0) is 36.9 Å². The first-order valence-corrected chi connectivity index (χ1v) is 10.7. The molecule has 1 fully saturated rings. The first kappa shape index (κ1) is 23.7. The smallest absolute Gasteiger partial charge is 0.251 e.